The number of hydrogen-bond acceptors (Lipinski definition) is 3. The zero-order valence-electron chi connectivity index (χ0n) is 11.1. The van der Waals surface area contributed by atoms with E-state index < -0.39 is 18.5 Å². The van der Waals surface area contributed by atoms with Crippen LogP contribution >= 0.6 is 34.8 Å². The molecule has 0 atom stereocenters. The van der Waals surface area contributed by atoms with Crippen LogP contribution in [0.5, 0.6) is 0 Å². The van der Waals surface area contributed by atoms with Crippen molar-refractivity contribution in [2.75, 3.05) is 11.9 Å². The van der Waals surface area contributed by atoms with Crippen molar-refractivity contribution in [1.29, 1.82) is 0 Å². The summed E-state index contributed by atoms with van der Waals surface area (Å²) < 4.78 is 4.90. The third-order valence-corrected chi connectivity index (χ3v) is 3.71. The first kappa shape index (κ1) is 16.6. The molecule has 2 aromatic carbocycles. The molecular weight excluding hydrogens is 349 g/mol. The van der Waals surface area contributed by atoms with E-state index in [1.807, 2.05) is 0 Å². The first-order valence-electron chi connectivity index (χ1n) is 6.14. The Hall–Kier alpha value is -1.75. The highest BCUT2D eigenvalue weighted by Crippen LogP contribution is 2.23. The molecule has 1 N–H and O–H groups in total. The van der Waals surface area contributed by atoms with Crippen LogP contribution < -0.4 is 5.32 Å². The molecule has 0 aliphatic rings. The number of amides is 1. The van der Waals surface area contributed by atoms with E-state index in [9.17, 15) is 9.59 Å². The summed E-state index contributed by atoms with van der Waals surface area (Å²) in [5, 5.41) is 3.50. The number of ether oxygens (including phenoxy) is 1. The highest BCUT2D eigenvalue weighted by molar-refractivity contribution is 6.42. The van der Waals surface area contributed by atoms with Crippen molar-refractivity contribution in [1.82, 2.24) is 0 Å². The van der Waals surface area contributed by atoms with Crippen molar-refractivity contribution in [3.8, 4) is 0 Å². The number of esters is 1. The lowest BCUT2D eigenvalue weighted by atomic mass is 10.2. The van der Waals surface area contributed by atoms with Crippen LogP contribution in [0.25, 0.3) is 0 Å². The molecule has 0 aromatic heterocycles. The second kappa shape index (κ2) is 7.49. The second-order valence-electron chi connectivity index (χ2n) is 4.23. The van der Waals surface area contributed by atoms with Gasteiger partial charge in [-0.25, -0.2) is 4.79 Å². The van der Waals surface area contributed by atoms with Gasteiger partial charge >= 0.3 is 5.97 Å². The highest BCUT2D eigenvalue weighted by atomic mass is 35.5. The normalized spacial score (nSPS) is 10.1. The van der Waals surface area contributed by atoms with Gasteiger partial charge in [-0.1, -0.05) is 46.9 Å². The lowest BCUT2D eigenvalue weighted by molar-refractivity contribution is -0.119. The highest BCUT2D eigenvalue weighted by Gasteiger charge is 2.12. The molecule has 0 bridgehead atoms. The van der Waals surface area contributed by atoms with Crippen LogP contribution in [-0.4, -0.2) is 18.5 Å². The van der Waals surface area contributed by atoms with Crippen molar-refractivity contribution < 1.29 is 14.3 Å². The molecule has 0 unspecified atom stereocenters. The molecule has 0 radical (unpaired) electrons. The molecule has 0 saturated heterocycles. The minimum absolute atomic E-state index is 0.208. The number of carbonyl (C=O) groups is 2. The third kappa shape index (κ3) is 4.37. The van der Waals surface area contributed by atoms with Gasteiger partial charge in [-0.2, -0.15) is 0 Å². The summed E-state index contributed by atoms with van der Waals surface area (Å²) in [5.41, 5.74) is 0.652. The van der Waals surface area contributed by atoms with Gasteiger partial charge in [0, 0.05) is 0 Å². The van der Waals surface area contributed by atoms with Crippen LogP contribution in [0.3, 0.4) is 0 Å². The first-order chi connectivity index (χ1) is 10.5. The van der Waals surface area contributed by atoms with Gasteiger partial charge in [0.2, 0.25) is 0 Å². The number of benzene rings is 2. The second-order valence-corrected chi connectivity index (χ2v) is 5.45. The monoisotopic (exact) mass is 357 g/mol. The lowest BCUT2D eigenvalue weighted by Gasteiger charge is -2.08. The van der Waals surface area contributed by atoms with Gasteiger partial charge in [0.15, 0.2) is 6.61 Å². The van der Waals surface area contributed by atoms with Crippen molar-refractivity contribution in [3.63, 3.8) is 0 Å². The zero-order chi connectivity index (χ0) is 16.1. The number of rotatable bonds is 4. The molecule has 4 nitrogen and oxygen atoms in total. The van der Waals surface area contributed by atoms with E-state index in [0.717, 1.165) is 0 Å². The minimum atomic E-state index is -0.673. The smallest absolute Gasteiger partial charge is 0.338 e. The molecule has 1 amide bonds. The van der Waals surface area contributed by atoms with E-state index in [1.54, 1.807) is 24.3 Å². The van der Waals surface area contributed by atoms with Gasteiger partial charge in [-0.05, 0) is 30.3 Å². The van der Waals surface area contributed by atoms with Crippen LogP contribution in [0.2, 0.25) is 15.1 Å². The summed E-state index contributed by atoms with van der Waals surface area (Å²) in [6.45, 7) is -0.440. The summed E-state index contributed by atoms with van der Waals surface area (Å²) in [7, 11) is 0. The van der Waals surface area contributed by atoms with Crippen LogP contribution in [0.4, 0.5) is 5.69 Å². The van der Waals surface area contributed by atoms with Crippen molar-refractivity contribution in [3.05, 3.63) is 63.1 Å². The van der Waals surface area contributed by atoms with Gasteiger partial charge in [0.05, 0.1) is 26.3 Å². The van der Waals surface area contributed by atoms with Gasteiger partial charge in [-0.3, -0.25) is 4.79 Å². The molecule has 0 aliphatic carbocycles. The average Bonchev–Trinajstić information content (AvgIpc) is 2.50. The maximum Gasteiger partial charge on any atom is 0.338 e. The molecule has 0 fully saturated rings. The van der Waals surface area contributed by atoms with E-state index in [4.69, 9.17) is 39.5 Å². The summed E-state index contributed by atoms with van der Waals surface area (Å²) in [6, 6.07) is 11.1. The predicted octanol–water partition coefficient (Wildman–Crippen LogP) is 4.44. The Morgan fingerprint density at radius 2 is 1.68 bits per heavy atom. The zero-order valence-corrected chi connectivity index (χ0v) is 13.4. The number of carbonyl (C=O) groups excluding carboxylic acids is 2. The summed E-state index contributed by atoms with van der Waals surface area (Å²) in [6.07, 6.45) is 0. The average molecular weight is 359 g/mol. The Labute approximate surface area is 141 Å². The molecule has 0 spiro atoms. The molecule has 114 valence electrons. The fourth-order valence-corrected chi connectivity index (χ4v) is 2.07. The molecule has 0 heterocycles. The van der Waals surface area contributed by atoms with Crippen LogP contribution in [-0.2, 0) is 9.53 Å². The summed E-state index contributed by atoms with van der Waals surface area (Å²) in [5.74, 6) is -1.17. The molecule has 0 aliphatic heterocycles. The Balaban J connectivity index is 1.92. The molecule has 22 heavy (non-hydrogen) atoms. The maximum absolute atomic E-state index is 11.8. The summed E-state index contributed by atoms with van der Waals surface area (Å²) in [4.78, 5) is 23.5. The number of hydrogen-bond donors (Lipinski definition) is 1. The number of nitrogens with one attached hydrogen (secondary N) is 1. The molecule has 0 saturated carbocycles. The van der Waals surface area contributed by atoms with Gasteiger partial charge < -0.3 is 10.1 Å². The van der Waals surface area contributed by atoms with E-state index in [-0.39, 0.29) is 10.6 Å². The topological polar surface area (TPSA) is 55.4 Å². The fourth-order valence-electron chi connectivity index (χ4n) is 1.59. The Bertz CT molecular complexity index is 719. The van der Waals surface area contributed by atoms with E-state index >= 15 is 0 Å². The standard InChI is InChI=1S/C15H10Cl3NO3/c16-10-6-5-9(7-12(10)18)15(21)22-8-14(20)19-13-4-2-1-3-11(13)17/h1-7H,8H2,(H,19,20). The van der Waals surface area contributed by atoms with E-state index in [1.165, 1.54) is 18.2 Å². The number of para-hydroxylation sites is 1. The third-order valence-electron chi connectivity index (χ3n) is 2.64. The minimum Gasteiger partial charge on any atom is -0.452 e. The lowest BCUT2D eigenvalue weighted by Crippen LogP contribution is -2.21. The Morgan fingerprint density at radius 3 is 2.36 bits per heavy atom. The van der Waals surface area contributed by atoms with Crippen LogP contribution in [0.1, 0.15) is 10.4 Å². The maximum atomic E-state index is 11.8. The van der Waals surface area contributed by atoms with Crippen molar-refractivity contribution >= 4 is 52.4 Å². The number of anilines is 1. The quantitative estimate of drug-likeness (QED) is 0.822. The molecule has 2 rings (SSSR count). The van der Waals surface area contributed by atoms with Gasteiger partial charge in [-0.15, -0.1) is 0 Å². The molecule has 7 heteroatoms. The van der Waals surface area contributed by atoms with Crippen LogP contribution in [0, 0.1) is 0 Å². The van der Waals surface area contributed by atoms with E-state index in [2.05, 4.69) is 5.32 Å². The van der Waals surface area contributed by atoms with E-state index in [0.29, 0.717) is 15.7 Å². The van der Waals surface area contributed by atoms with Crippen molar-refractivity contribution in [2.45, 2.75) is 0 Å². The van der Waals surface area contributed by atoms with Gasteiger partial charge in [0.1, 0.15) is 0 Å². The SMILES string of the molecule is O=C(COC(=O)c1ccc(Cl)c(Cl)c1)Nc1ccccc1Cl. The van der Waals surface area contributed by atoms with Crippen molar-refractivity contribution in [2.24, 2.45) is 0 Å². The first-order valence-corrected chi connectivity index (χ1v) is 7.27. The largest absolute Gasteiger partial charge is 0.452 e. The predicted molar refractivity (Wildman–Crippen MR) is 86.8 cm³/mol. The van der Waals surface area contributed by atoms with Gasteiger partial charge in [0.25, 0.3) is 5.91 Å². The Morgan fingerprint density at radius 1 is 0.955 bits per heavy atom. The molecule has 2 aromatic rings. The fraction of sp³-hybridized carbons (Fsp3) is 0.0667. The Kier molecular flexibility index (Phi) is 5.66. The van der Waals surface area contributed by atoms with Crippen LogP contribution in [0.15, 0.2) is 42.5 Å². The summed E-state index contributed by atoms with van der Waals surface area (Å²) >= 11 is 17.5. The molecular formula is C15H10Cl3NO3. The number of halogens is 3.